The molecular weight excluding hydrogens is 198 g/mol. The Kier molecular flexibility index (Phi) is 2.67. The monoisotopic (exact) mass is 205 g/mol. The zero-order valence-corrected chi connectivity index (χ0v) is 7.85. The van der Waals surface area contributed by atoms with E-state index in [1.165, 1.54) is 13.0 Å². The third-order valence-corrected chi connectivity index (χ3v) is 2.02. The van der Waals surface area contributed by atoms with Crippen molar-refractivity contribution in [2.75, 3.05) is 0 Å². The molecule has 0 aliphatic carbocycles. The van der Waals surface area contributed by atoms with Gasteiger partial charge < -0.3 is 5.73 Å². The predicted molar refractivity (Wildman–Crippen MR) is 51.1 cm³/mol. The Bertz CT molecular complexity index is 488. The molecule has 0 spiro atoms. The number of hydrogen-bond donors (Lipinski definition) is 1. The van der Waals surface area contributed by atoms with Crippen LogP contribution in [0.5, 0.6) is 0 Å². The molecule has 6 heteroatoms. The highest BCUT2D eigenvalue weighted by Gasteiger charge is 2.19. The molecule has 1 aromatic carbocycles. The van der Waals surface area contributed by atoms with E-state index in [9.17, 15) is 14.9 Å². The molecule has 1 aromatic rings. The van der Waals surface area contributed by atoms with Crippen LogP contribution in [-0.2, 0) is 0 Å². The fourth-order valence-corrected chi connectivity index (χ4v) is 1.26. The number of nitrogens with zero attached hydrogens (tertiary/aromatic N) is 2. The van der Waals surface area contributed by atoms with Gasteiger partial charge in [-0.05, 0) is 18.6 Å². The van der Waals surface area contributed by atoms with Gasteiger partial charge in [-0.25, -0.2) is 0 Å². The molecule has 1 rings (SSSR count). The van der Waals surface area contributed by atoms with Gasteiger partial charge in [0.15, 0.2) is 0 Å². The summed E-state index contributed by atoms with van der Waals surface area (Å²) in [6, 6.07) is 4.04. The molecule has 2 N–H and O–H groups in total. The zero-order chi connectivity index (χ0) is 11.6. The highest BCUT2D eigenvalue weighted by molar-refractivity contribution is 5.95. The van der Waals surface area contributed by atoms with Crippen molar-refractivity contribution in [3.8, 4) is 6.07 Å². The van der Waals surface area contributed by atoms with E-state index in [0.29, 0.717) is 0 Å². The van der Waals surface area contributed by atoms with E-state index in [1.54, 1.807) is 6.07 Å². The Morgan fingerprint density at radius 3 is 2.60 bits per heavy atom. The highest BCUT2D eigenvalue weighted by Crippen LogP contribution is 2.23. The van der Waals surface area contributed by atoms with Crippen LogP contribution in [0.25, 0.3) is 0 Å². The van der Waals surface area contributed by atoms with E-state index < -0.39 is 10.8 Å². The van der Waals surface area contributed by atoms with E-state index in [0.717, 1.165) is 6.07 Å². The lowest BCUT2D eigenvalue weighted by atomic mass is 10.0. The second-order valence-electron chi connectivity index (χ2n) is 2.87. The lowest BCUT2D eigenvalue weighted by Crippen LogP contribution is -2.13. The van der Waals surface area contributed by atoms with Crippen molar-refractivity contribution >= 4 is 11.6 Å². The lowest BCUT2D eigenvalue weighted by Gasteiger charge is -2.03. The number of benzene rings is 1. The highest BCUT2D eigenvalue weighted by atomic mass is 16.6. The second kappa shape index (κ2) is 3.75. The number of nitriles is 1. The molecule has 0 aromatic heterocycles. The molecule has 0 radical (unpaired) electrons. The maximum absolute atomic E-state index is 10.9. The van der Waals surface area contributed by atoms with E-state index in [-0.39, 0.29) is 22.4 Å². The smallest absolute Gasteiger partial charge is 0.287 e. The predicted octanol–water partition coefficient (Wildman–Crippen LogP) is 0.874. The van der Waals surface area contributed by atoms with Crippen LogP contribution in [0.2, 0.25) is 0 Å². The fraction of sp³-hybridized carbons (Fsp3) is 0.111. The second-order valence-corrected chi connectivity index (χ2v) is 2.87. The molecule has 0 atom stereocenters. The maximum atomic E-state index is 10.9. The Morgan fingerprint density at radius 2 is 2.20 bits per heavy atom. The number of carbonyl (C=O) groups excluding carboxylic acids is 1. The number of nitro groups is 1. The molecular formula is C9H7N3O3. The van der Waals surface area contributed by atoms with Gasteiger partial charge in [0.05, 0.1) is 4.92 Å². The summed E-state index contributed by atoms with van der Waals surface area (Å²) in [6.07, 6.45) is 0. The number of hydrogen-bond acceptors (Lipinski definition) is 4. The quantitative estimate of drug-likeness (QED) is 0.570. The summed E-state index contributed by atoms with van der Waals surface area (Å²) in [7, 11) is 0. The molecule has 1 amide bonds. The molecule has 0 saturated carbocycles. The van der Waals surface area contributed by atoms with Gasteiger partial charge in [0.25, 0.3) is 5.69 Å². The summed E-state index contributed by atoms with van der Waals surface area (Å²) in [4.78, 5) is 20.8. The van der Waals surface area contributed by atoms with Crippen LogP contribution >= 0.6 is 0 Å². The van der Waals surface area contributed by atoms with Gasteiger partial charge in [-0.2, -0.15) is 5.26 Å². The molecule has 76 valence electrons. The van der Waals surface area contributed by atoms with E-state index in [4.69, 9.17) is 11.0 Å². The first kappa shape index (κ1) is 10.7. The zero-order valence-electron chi connectivity index (χ0n) is 7.85. The molecule has 0 aliphatic rings. The van der Waals surface area contributed by atoms with Gasteiger partial charge >= 0.3 is 0 Å². The largest absolute Gasteiger partial charge is 0.366 e. The van der Waals surface area contributed by atoms with Crippen LogP contribution in [-0.4, -0.2) is 10.8 Å². The number of carbonyl (C=O) groups is 1. The first-order chi connectivity index (χ1) is 6.99. The van der Waals surface area contributed by atoms with Crippen molar-refractivity contribution in [2.24, 2.45) is 5.73 Å². The van der Waals surface area contributed by atoms with Crippen LogP contribution in [0.4, 0.5) is 5.69 Å². The summed E-state index contributed by atoms with van der Waals surface area (Å²) >= 11 is 0. The van der Waals surface area contributed by atoms with E-state index in [2.05, 4.69) is 0 Å². The molecule has 6 nitrogen and oxygen atoms in total. The molecule has 0 heterocycles. The third-order valence-electron chi connectivity index (χ3n) is 2.02. The van der Waals surface area contributed by atoms with Crippen LogP contribution in [0.1, 0.15) is 21.5 Å². The minimum atomic E-state index is -0.709. The van der Waals surface area contributed by atoms with Gasteiger partial charge in [0.1, 0.15) is 11.6 Å². The average Bonchev–Trinajstić information content (AvgIpc) is 2.16. The number of nitro benzene ring substituents is 1. The van der Waals surface area contributed by atoms with Gasteiger partial charge in [0.2, 0.25) is 5.91 Å². The van der Waals surface area contributed by atoms with E-state index >= 15 is 0 Å². The molecule has 0 fully saturated rings. The molecule has 0 bridgehead atoms. The summed E-state index contributed by atoms with van der Waals surface area (Å²) in [5, 5.41) is 19.3. The SMILES string of the molecule is Cc1c(C(N)=O)ccc([N+](=O)[O-])c1C#N. The molecule has 0 saturated heterocycles. The van der Waals surface area contributed by atoms with E-state index in [1.807, 2.05) is 0 Å². The van der Waals surface area contributed by atoms with Crippen molar-refractivity contribution in [3.05, 3.63) is 38.9 Å². The lowest BCUT2D eigenvalue weighted by molar-refractivity contribution is -0.385. The summed E-state index contributed by atoms with van der Waals surface area (Å²) < 4.78 is 0. The van der Waals surface area contributed by atoms with Crippen molar-refractivity contribution in [3.63, 3.8) is 0 Å². The molecule has 0 aliphatic heterocycles. The number of primary amides is 1. The van der Waals surface area contributed by atoms with Crippen molar-refractivity contribution in [1.82, 2.24) is 0 Å². The number of nitrogens with two attached hydrogens (primary N) is 1. The summed E-state index contributed by atoms with van der Waals surface area (Å²) in [5.41, 5.74) is 4.96. The van der Waals surface area contributed by atoms with Gasteiger partial charge in [0, 0.05) is 11.6 Å². The first-order valence-corrected chi connectivity index (χ1v) is 3.97. The van der Waals surface area contributed by atoms with Crippen LogP contribution in [0.3, 0.4) is 0 Å². The van der Waals surface area contributed by atoms with Crippen molar-refractivity contribution in [1.29, 1.82) is 5.26 Å². The van der Waals surface area contributed by atoms with Crippen LogP contribution < -0.4 is 5.73 Å². The molecule has 15 heavy (non-hydrogen) atoms. The average molecular weight is 205 g/mol. The third kappa shape index (κ3) is 1.76. The Labute approximate surface area is 85.1 Å². The number of amides is 1. The Balaban J connectivity index is 3.55. The van der Waals surface area contributed by atoms with Gasteiger partial charge in [-0.3, -0.25) is 14.9 Å². The first-order valence-electron chi connectivity index (χ1n) is 3.97. The number of rotatable bonds is 2. The summed E-state index contributed by atoms with van der Waals surface area (Å²) in [5.74, 6) is -0.709. The van der Waals surface area contributed by atoms with Gasteiger partial charge in [-0.15, -0.1) is 0 Å². The minimum absolute atomic E-state index is 0.122. The van der Waals surface area contributed by atoms with Crippen LogP contribution in [0.15, 0.2) is 12.1 Å². The maximum Gasteiger partial charge on any atom is 0.287 e. The van der Waals surface area contributed by atoms with Gasteiger partial charge in [-0.1, -0.05) is 0 Å². The van der Waals surface area contributed by atoms with Crippen LogP contribution in [0, 0.1) is 28.4 Å². The van der Waals surface area contributed by atoms with Crippen molar-refractivity contribution < 1.29 is 9.72 Å². The fourth-order valence-electron chi connectivity index (χ4n) is 1.26. The standard InChI is InChI=1S/C9H7N3O3/c1-5-6(9(11)13)2-3-8(12(14)15)7(5)4-10/h2-3H,1H3,(H2,11,13). The topological polar surface area (TPSA) is 110 Å². The minimum Gasteiger partial charge on any atom is -0.366 e. The normalized spacial score (nSPS) is 9.33. The van der Waals surface area contributed by atoms with Crippen molar-refractivity contribution in [2.45, 2.75) is 6.92 Å². The molecule has 0 unspecified atom stereocenters. The Morgan fingerprint density at radius 1 is 1.60 bits per heavy atom. The Hall–Kier alpha value is -2.42. The summed E-state index contributed by atoms with van der Waals surface area (Å²) in [6.45, 7) is 1.45.